The van der Waals surface area contributed by atoms with E-state index in [4.69, 9.17) is 5.11 Å². The maximum atomic E-state index is 11.2. The highest BCUT2D eigenvalue weighted by molar-refractivity contribution is 5.83. The number of Topliss-reactive ketones (excluding diaryl/α,β-unsaturated/α-hetero) is 1. The van der Waals surface area contributed by atoms with Crippen LogP contribution in [0, 0.1) is 5.41 Å². The number of rotatable bonds is 6. The Morgan fingerprint density at radius 1 is 1.29 bits per heavy atom. The molecule has 0 unspecified atom stereocenters. The highest BCUT2D eigenvalue weighted by atomic mass is 16.3. The van der Waals surface area contributed by atoms with Gasteiger partial charge in [0.15, 0.2) is 0 Å². The second-order valence-electron chi connectivity index (χ2n) is 4.30. The number of amides is 1. The molecule has 0 aliphatic carbocycles. The van der Waals surface area contributed by atoms with Gasteiger partial charge < -0.3 is 15.2 Å². The Bertz CT molecular complexity index is 211. The third kappa shape index (κ3) is 6.60. The molecule has 2 N–H and O–H groups in total. The number of hydrogen-bond acceptors (Lipinski definition) is 3. The molecule has 0 rings (SSSR count). The van der Waals surface area contributed by atoms with Crippen LogP contribution in [0.4, 0.5) is 0 Å². The zero-order valence-electron chi connectivity index (χ0n) is 9.09. The van der Waals surface area contributed by atoms with E-state index in [0.717, 1.165) is 0 Å². The number of carbonyl (C=O) groups excluding carboxylic acids is 2. The maximum absolute atomic E-state index is 11.2. The standard InChI is InChI=1S/C10H19NO3/c1-8(13)4-5-9(14)11-6-10(2,3)7-12/h12H,4-7H2,1-3H3,(H,11,14). The molecule has 14 heavy (non-hydrogen) atoms. The van der Waals surface area contributed by atoms with Crippen molar-refractivity contribution in [3.8, 4) is 0 Å². The Labute approximate surface area is 84.7 Å². The number of ketones is 1. The van der Waals surface area contributed by atoms with Crippen LogP contribution in [0.1, 0.15) is 33.6 Å². The molecule has 0 radical (unpaired) electrons. The molecule has 0 heterocycles. The molecule has 1 amide bonds. The molecule has 0 atom stereocenters. The Kier molecular flexibility index (Phi) is 5.38. The highest BCUT2D eigenvalue weighted by Crippen LogP contribution is 2.11. The second-order valence-corrected chi connectivity index (χ2v) is 4.30. The van der Waals surface area contributed by atoms with Gasteiger partial charge in [-0.3, -0.25) is 4.79 Å². The first-order valence-corrected chi connectivity index (χ1v) is 4.74. The molecule has 0 aromatic heterocycles. The first-order valence-electron chi connectivity index (χ1n) is 4.74. The van der Waals surface area contributed by atoms with Gasteiger partial charge in [-0.05, 0) is 6.92 Å². The molecule has 0 bridgehead atoms. The minimum absolute atomic E-state index is 0.0153. The molecule has 0 saturated heterocycles. The first kappa shape index (κ1) is 13.1. The highest BCUT2D eigenvalue weighted by Gasteiger charge is 2.17. The summed E-state index contributed by atoms with van der Waals surface area (Å²) >= 11 is 0. The largest absolute Gasteiger partial charge is 0.396 e. The van der Waals surface area contributed by atoms with Crippen molar-refractivity contribution in [2.75, 3.05) is 13.2 Å². The second kappa shape index (κ2) is 5.75. The van der Waals surface area contributed by atoms with E-state index in [0.29, 0.717) is 6.54 Å². The summed E-state index contributed by atoms with van der Waals surface area (Å²) in [5, 5.41) is 11.6. The first-order chi connectivity index (χ1) is 6.37. The van der Waals surface area contributed by atoms with E-state index in [1.54, 1.807) is 0 Å². The molecule has 0 aromatic carbocycles. The van der Waals surface area contributed by atoms with Gasteiger partial charge in [-0.15, -0.1) is 0 Å². The summed E-state index contributed by atoms with van der Waals surface area (Å²) < 4.78 is 0. The van der Waals surface area contributed by atoms with Crippen LogP contribution in [0.3, 0.4) is 0 Å². The third-order valence-corrected chi connectivity index (χ3v) is 1.90. The van der Waals surface area contributed by atoms with Gasteiger partial charge >= 0.3 is 0 Å². The van der Waals surface area contributed by atoms with Crippen molar-refractivity contribution < 1.29 is 14.7 Å². The number of nitrogens with one attached hydrogen (secondary N) is 1. The van der Waals surface area contributed by atoms with E-state index in [2.05, 4.69) is 5.32 Å². The van der Waals surface area contributed by atoms with E-state index in [1.807, 2.05) is 13.8 Å². The summed E-state index contributed by atoms with van der Waals surface area (Å²) in [6, 6.07) is 0. The van der Waals surface area contributed by atoms with Crippen LogP contribution in [-0.4, -0.2) is 29.9 Å². The summed E-state index contributed by atoms with van der Waals surface area (Å²) in [5.74, 6) is -0.122. The quantitative estimate of drug-likeness (QED) is 0.657. The molecular weight excluding hydrogens is 182 g/mol. The minimum atomic E-state index is -0.300. The van der Waals surface area contributed by atoms with Crippen LogP contribution in [0.15, 0.2) is 0 Å². The maximum Gasteiger partial charge on any atom is 0.220 e. The summed E-state index contributed by atoms with van der Waals surface area (Å²) in [7, 11) is 0. The zero-order valence-corrected chi connectivity index (χ0v) is 9.09. The van der Waals surface area contributed by atoms with Crippen molar-refractivity contribution in [2.45, 2.75) is 33.6 Å². The smallest absolute Gasteiger partial charge is 0.220 e. The van der Waals surface area contributed by atoms with Crippen molar-refractivity contribution >= 4 is 11.7 Å². The van der Waals surface area contributed by atoms with Gasteiger partial charge in [0.05, 0.1) is 0 Å². The Morgan fingerprint density at radius 3 is 2.29 bits per heavy atom. The summed E-state index contributed by atoms with van der Waals surface area (Å²) in [6.07, 6.45) is 0.516. The minimum Gasteiger partial charge on any atom is -0.396 e. The van der Waals surface area contributed by atoms with Crippen molar-refractivity contribution in [3.05, 3.63) is 0 Å². The molecule has 0 aliphatic heterocycles. The Morgan fingerprint density at radius 2 is 1.86 bits per heavy atom. The molecule has 4 heteroatoms. The lowest BCUT2D eigenvalue weighted by Crippen LogP contribution is -2.36. The van der Waals surface area contributed by atoms with Crippen molar-refractivity contribution in [1.82, 2.24) is 5.32 Å². The molecule has 0 aromatic rings. The Hall–Kier alpha value is -0.900. The van der Waals surface area contributed by atoms with Crippen molar-refractivity contribution in [1.29, 1.82) is 0 Å². The van der Waals surface area contributed by atoms with E-state index in [9.17, 15) is 9.59 Å². The lowest BCUT2D eigenvalue weighted by Gasteiger charge is -2.21. The fraction of sp³-hybridized carbons (Fsp3) is 0.800. The molecule has 0 aliphatic rings. The fourth-order valence-corrected chi connectivity index (χ4v) is 0.772. The van der Waals surface area contributed by atoms with E-state index in [1.165, 1.54) is 6.92 Å². The van der Waals surface area contributed by atoms with Gasteiger partial charge in [-0.2, -0.15) is 0 Å². The molecular formula is C10H19NO3. The lowest BCUT2D eigenvalue weighted by molar-refractivity contribution is -0.125. The fourth-order valence-electron chi connectivity index (χ4n) is 0.772. The van der Waals surface area contributed by atoms with E-state index in [-0.39, 0.29) is 36.6 Å². The van der Waals surface area contributed by atoms with Crippen LogP contribution in [0.5, 0.6) is 0 Å². The molecule has 0 saturated carbocycles. The van der Waals surface area contributed by atoms with Gasteiger partial charge in [0.2, 0.25) is 5.91 Å². The molecule has 82 valence electrons. The summed E-state index contributed by atoms with van der Waals surface area (Å²) in [6.45, 7) is 5.64. The Balaban J connectivity index is 3.69. The summed E-state index contributed by atoms with van der Waals surface area (Å²) in [5.41, 5.74) is -0.300. The van der Waals surface area contributed by atoms with Gasteiger partial charge in [-0.25, -0.2) is 0 Å². The predicted octanol–water partition coefficient (Wildman–Crippen LogP) is 0.490. The SMILES string of the molecule is CC(=O)CCC(=O)NCC(C)(C)CO. The number of aliphatic hydroxyl groups excluding tert-OH is 1. The molecule has 0 fully saturated rings. The van der Waals surface area contributed by atoms with E-state index < -0.39 is 0 Å². The van der Waals surface area contributed by atoms with Crippen LogP contribution in [0.2, 0.25) is 0 Å². The van der Waals surface area contributed by atoms with Gasteiger partial charge in [0.25, 0.3) is 0 Å². The van der Waals surface area contributed by atoms with Gasteiger partial charge in [0.1, 0.15) is 5.78 Å². The summed E-state index contributed by atoms with van der Waals surface area (Å²) in [4.78, 5) is 21.8. The number of carbonyl (C=O) groups is 2. The van der Waals surface area contributed by atoms with Crippen molar-refractivity contribution in [2.24, 2.45) is 5.41 Å². The molecule has 0 spiro atoms. The lowest BCUT2D eigenvalue weighted by atomic mass is 9.95. The monoisotopic (exact) mass is 201 g/mol. The van der Waals surface area contributed by atoms with Gasteiger partial charge in [0, 0.05) is 31.4 Å². The van der Waals surface area contributed by atoms with Crippen molar-refractivity contribution in [3.63, 3.8) is 0 Å². The number of aliphatic hydroxyl groups is 1. The number of hydrogen-bond donors (Lipinski definition) is 2. The van der Waals surface area contributed by atoms with Crippen LogP contribution >= 0.6 is 0 Å². The van der Waals surface area contributed by atoms with Crippen LogP contribution < -0.4 is 5.32 Å². The molecule has 4 nitrogen and oxygen atoms in total. The normalized spacial score (nSPS) is 11.1. The van der Waals surface area contributed by atoms with Gasteiger partial charge in [-0.1, -0.05) is 13.8 Å². The van der Waals surface area contributed by atoms with E-state index >= 15 is 0 Å². The van der Waals surface area contributed by atoms with Crippen LogP contribution in [-0.2, 0) is 9.59 Å². The average molecular weight is 201 g/mol. The topological polar surface area (TPSA) is 66.4 Å². The predicted molar refractivity (Wildman–Crippen MR) is 53.8 cm³/mol. The third-order valence-electron chi connectivity index (χ3n) is 1.90. The average Bonchev–Trinajstić information content (AvgIpc) is 2.11. The van der Waals surface area contributed by atoms with Crippen LogP contribution in [0.25, 0.3) is 0 Å². The zero-order chi connectivity index (χ0) is 11.2.